The van der Waals surface area contributed by atoms with E-state index in [1.807, 2.05) is 0 Å². The van der Waals surface area contributed by atoms with E-state index >= 15 is 0 Å². The molecule has 0 aliphatic rings. The number of nitrogens with zero attached hydrogens (tertiary/aromatic N) is 2. The van der Waals surface area contributed by atoms with Crippen molar-refractivity contribution in [2.75, 3.05) is 0 Å². The molecule has 0 aliphatic carbocycles. The highest BCUT2D eigenvalue weighted by molar-refractivity contribution is 7.89. The summed E-state index contributed by atoms with van der Waals surface area (Å²) in [7, 11) is -3.69. The van der Waals surface area contributed by atoms with Gasteiger partial charge in [0.2, 0.25) is 21.7 Å². The molecule has 0 spiro atoms. The average Bonchev–Trinajstić information content (AvgIpc) is 3.03. The highest BCUT2D eigenvalue weighted by Crippen LogP contribution is 2.19. The van der Waals surface area contributed by atoms with Gasteiger partial charge in [-0.15, -0.1) is 0 Å². The number of rotatable bonds is 5. The summed E-state index contributed by atoms with van der Waals surface area (Å²) in [6.07, 6.45) is 0. The Balaban J connectivity index is 1.71. The van der Waals surface area contributed by atoms with Crippen LogP contribution in [0.25, 0.3) is 11.4 Å². The van der Waals surface area contributed by atoms with Crippen LogP contribution >= 0.6 is 23.2 Å². The van der Waals surface area contributed by atoms with Gasteiger partial charge in [-0.2, -0.15) is 4.98 Å². The zero-order valence-corrected chi connectivity index (χ0v) is 14.4. The smallest absolute Gasteiger partial charge is 0.242 e. The second-order valence-electron chi connectivity index (χ2n) is 4.80. The molecule has 3 aromatic rings. The van der Waals surface area contributed by atoms with E-state index in [9.17, 15) is 8.42 Å². The number of aromatic nitrogens is 2. The van der Waals surface area contributed by atoms with Gasteiger partial charge >= 0.3 is 0 Å². The van der Waals surface area contributed by atoms with E-state index in [1.165, 1.54) is 24.3 Å². The fourth-order valence-corrected chi connectivity index (χ4v) is 3.12. The van der Waals surface area contributed by atoms with Crippen molar-refractivity contribution in [3.05, 3.63) is 64.5 Å². The summed E-state index contributed by atoms with van der Waals surface area (Å²) in [6.45, 7) is -0.119. The molecule has 0 unspecified atom stereocenters. The maximum atomic E-state index is 12.2. The van der Waals surface area contributed by atoms with Crippen molar-refractivity contribution in [3.8, 4) is 11.4 Å². The zero-order valence-electron chi connectivity index (χ0n) is 12.1. The van der Waals surface area contributed by atoms with Gasteiger partial charge in [-0.05, 0) is 48.5 Å². The van der Waals surface area contributed by atoms with Crippen LogP contribution < -0.4 is 4.72 Å². The van der Waals surface area contributed by atoms with Crippen LogP contribution in [0, 0.1) is 0 Å². The molecule has 1 aromatic heterocycles. The van der Waals surface area contributed by atoms with Gasteiger partial charge < -0.3 is 4.52 Å². The first kappa shape index (κ1) is 16.9. The van der Waals surface area contributed by atoms with Crippen LogP contribution in [0.4, 0.5) is 0 Å². The predicted octanol–water partition coefficient (Wildman–Crippen LogP) is 3.52. The summed E-state index contributed by atoms with van der Waals surface area (Å²) in [5.74, 6) is 0.504. The number of hydrogen-bond donors (Lipinski definition) is 1. The topological polar surface area (TPSA) is 85.1 Å². The molecule has 0 aliphatic heterocycles. The van der Waals surface area contributed by atoms with Gasteiger partial charge in [0.05, 0.1) is 11.4 Å². The molecule has 1 N–H and O–H groups in total. The van der Waals surface area contributed by atoms with Gasteiger partial charge in [0.1, 0.15) is 0 Å². The van der Waals surface area contributed by atoms with Crippen molar-refractivity contribution in [2.24, 2.45) is 0 Å². The maximum absolute atomic E-state index is 12.2. The van der Waals surface area contributed by atoms with Crippen LogP contribution in [0.3, 0.4) is 0 Å². The minimum absolute atomic E-state index is 0.101. The Bertz CT molecular complexity index is 939. The molecule has 0 saturated heterocycles. The summed E-state index contributed by atoms with van der Waals surface area (Å²) in [6, 6.07) is 12.7. The van der Waals surface area contributed by atoms with E-state index in [0.717, 1.165) is 5.56 Å². The highest BCUT2D eigenvalue weighted by atomic mass is 35.5. The number of sulfonamides is 1. The Morgan fingerprint density at radius 3 is 2.17 bits per heavy atom. The molecular formula is C15H11Cl2N3O3S. The molecule has 0 saturated carbocycles. The van der Waals surface area contributed by atoms with Crippen LogP contribution in [0.1, 0.15) is 5.89 Å². The number of halogens is 2. The Labute approximate surface area is 148 Å². The Hall–Kier alpha value is -1.93. The monoisotopic (exact) mass is 383 g/mol. The summed E-state index contributed by atoms with van der Waals surface area (Å²) in [5, 5.41) is 4.87. The normalized spacial score (nSPS) is 11.6. The van der Waals surface area contributed by atoms with Crippen molar-refractivity contribution in [3.63, 3.8) is 0 Å². The molecule has 1 heterocycles. The number of hydrogen-bond acceptors (Lipinski definition) is 5. The van der Waals surface area contributed by atoms with Gasteiger partial charge in [-0.3, -0.25) is 0 Å². The molecule has 0 radical (unpaired) electrons. The van der Waals surface area contributed by atoms with E-state index in [-0.39, 0.29) is 17.3 Å². The quantitative estimate of drug-likeness (QED) is 0.728. The number of nitrogens with one attached hydrogen (secondary N) is 1. The highest BCUT2D eigenvalue weighted by Gasteiger charge is 2.16. The standard InChI is InChI=1S/C15H11Cl2N3O3S/c16-11-3-1-10(2-4-11)15-19-14(23-20-15)9-18-24(21,22)13-7-5-12(17)6-8-13/h1-8,18H,9H2. The first-order valence-electron chi connectivity index (χ1n) is 6.78. The van der Waals surface area contributed by atoms with E-state index in [2.05, 4.69) is 14.9 Å². The lowest BCUT2D eigenvalue weighted by Gasteiger charge is -2.04. The maximum Gasteiger partial charge on any atom is 0.242 e. The van der Waals surface area contributed by atoms with Crippen LogP contribution in [0.5, 0.6) is 0 Å². The third kappa shape index (κ3) is 3.93. The predicted molar refractivity (Wildman–Crippen MR) is 90.2 cm³/mol. The number of benzene rings is 2. The first-order valence-corrected chi connectivity index (χ1v) is 9.02. The Morgan fingerprint density at radius 1 is 0.958 bits per heavy atom. The zero-order chi connectivity index (χ0) is 17.2. The van der Waals surface area contributed by atoms with Gasteiger partial charge in [0, 0.05) is 15.6 Å². The molecule has 9 heteroatoms. The summed E-state index contributed by atoms with van der Waals surface area (Å²) < 4.78 is 31.8. The van der Waals surface area contributed by atoms with Crippen LogP contribution in [0.15, 0.2) is 57.9 Å². The lowest BCUT2D eigenvalue weighted by molar-refractivity contribution is 0.376. The van der Waals surface area contributed by atoms with Gasteiger partial charge in [-0.25, -0.2) is 13.1 Å². The van der Waals surface area contributed by atoms with Crippen molar-refractivity contribution in [2.45, 2.75) is 11.4 Å². The second kappa shape index (κ2) is 6.90. The Kier molecular flexibility index (Phi) is 4.86. The SMILES string of the molecule is O=S(=O)(NCc1nc(-c2ccc(Cl)cc2)no1)c1ccc(Cl)cc1. The van der Waals surface area contributed by atoms with Crippen molar-refractivity contribution < 1.29 is 12.9 Å². The fourth-order valence-electron chi connectivity index (χ4n) is 1.90. The van der Waals surface area contributed by atoms with Crippen LogP contribution in [-0.2, 0) is 16.6 Å². The van der Waals surface area contributed by atoms with Crippen molar-refractivity contribution in [1.82, 2.24) is 14.9 Å². The molecule has 24 heavy (non-hydrogen) atoms. The van der Waals surface area contributed by atoms with Crippen LogP contribution in [-0.4, -0.2) is 18.6 Å². The molecule has 3 rings (SSSR count). The van der Waals surface area contributed by atoms with E-state index in [0.29, 0.717) is 15.9 Å². The van der Waals surface area contributed by atoms with E-state index in [1.54, 1.807) is 24.3 Å². The molecule has 0 amide bonds. The second-order valence-corrected chi connectivity index (χ2v) is 7.44. The molecular weight excluding hydrogens is 373 g/mol. The molecule has 0 bridgehead atoms. The van der Waals surface area contributed by atoms with E-state index < -0.39 is 10.0 Å². The summed E-state index contributed by atoms with van der Waals surface area (Å²) >= 11 is 11.6. The average molecular weight is 384 g/mol. The minimum atomic E-state index is -3.69. The fraction of sp³-hybridized carbons (Fsp3) is 0.0667. The molecule has 0 fully saturated rings. The molecule has 124 valence electrons. The largest absolute Gasteiger partial charge is 0.338 e. The molecule has 6 nitrogen and oxygen atoms in total. The third-order valence-electron chi connectivity index (χ3n) is 3.11. The summed E-state index contributed by atoms with van der Waals surface area (Å²) in [4.78, 5) is 4.25. The lowest BCUT2D eigenvalue weighted by Crippen LogP contribution is -2.23. The van der Waals surface area contributed by atoms with Crippen molar-refractivity contribution >= 4 is 33.2 Å². The van der Waals surface area contributed by atoms with E-state index in [4.69, 9.17) is 27.7 Å². The van der Waals surface area contributed by atoms with Gasteiger partial charge in [0.25, 0.3) is 0 Å². The lowest BCUT2D eigenvalue weighted by atomic mass is 10.2. The third-order valence-corrected chi connectivity index (χ3v) is 5.03. The van der Waals surface area contributed by atoms with Gasteiger partial charge in [0.15, 0.2) is 0 Å². The molecule has 2 aromatic carbocycles. The van der Waals surface area contributed by atoms with Crippen molar-refractivity contribution in [1.29, 1.82) is 0 Å². The Morgan fingerprint density at radius 2 is 1.54 bits per heavy atom. The molecule has 0 atom stereocenters. The summed E-state index contributed by atoms with van der Waals surface area (Å²) in [5.41, 5.74) is 0.718. The van der Waals surface area contributed by atoms with Gasteiger partial charge in [-0.1, -0.05) is 28.4 Å². The van der Waals surface area contributed by atoms with Crippen LogP contribution in [0.2, 0.25) is 10.0 Å². The first-order chi connectivity index (χ1) is 11.4. The minimum Gasteiger partial charge on any atom is -0.338 e.